The van der Waals surface area contributed by atoms with Crippen LogP contribution in [0.25, 0.3) is 0 Å². The molecule has 1 aliphatic rings. The molecule has 0 aliphatic carbocycles. The molecule has 0 aromatic rings. The lowest BCUT2D eigenvalue weighted by molar-refractivity contribution is -0.142. The van der Waals surface area contributed by atoms with Gasteiger partial charge in [-0.05, 0) is 51.9 Å². The summed E-state index contributed by atoms with van der Waals surface area (Å²) in [5, 5.41) is 10.8. The monoisotopic (exact) mass is 595 g/mol. The number of amides is 6. The Morgan fingerprint density at radius 3 is 2.12 bits per heavy atom. The number of hydrogen-bond donors (Lipinski definition) is 7. The van der Waals surface area contributed by atoms with Crippen molar-refractivity contribution in [1.29, 1.82) is 0 Å². The molecule has 15 heteroatoms. The highest BCUT2D eigenvalue weighted by Gasteiger charge is 2.39. The van der Waals surface area contributed by atoms with Crippen LogP contribution in [0.3, 0.4) is 0 Å². The first-order valence-electron chi connectivity index (χ1n) is 14.5. The standard InChI is InChI=1S/C27H49N9O6/c1-6-16(4)22(35-23(39)18(33-17(5)37)11-12-21(28)38)25(41)34-19(9-7-13-31-27(29)30)26(42)36-14-8-10-20(36)24(40)32-15(2)3/h15-16,18-20,22H,6-14H2,1-5H3,(H2,28,38)(H,32,40)(H,33,37)(H,34,41)(H,35,39)(H4,29,30,31)/t16-,18-,19-,20-,22-/m0/s1. The number of carbonyl (C=O) groups excluding carboxylic acids is 6. The summed E-state index contributed by atoms with van der Waals surface area (Å²) in [6, 6.07) is -3.92. The average molecular weight is 596 g/mol. The van der Waals surface area contributed by atoms with Gasteiger partial charge in [0.2, 0.25) is 35.4 Å². The number of nitrogens with one attached hydrogen (secondary N) is 4. The van der Waals surface area contributed by atoms with Crippen molar-refractivity contribution in [3.63, 3.8) is 0 Å². The van der Waals surface area contributed by atoms with Crippen LogP contribution in [0.1, 0.15) is 79.6 Å². The van der Waals surface area contributed by atoms with Crippen molar-refractivity contribution in [1.82, 2.24) is 26.2 Å². The molecule has 10 N–H and O–H groups in total. The van der Waals surface area contributed by atoms with Crippen LogP contribution < -0.4 is 38.5 Å². The van der Waals surface area contributed by atoms with Crippen molar-refractivity contribution < 1.29 is 28.8 Å². The molecule has 0 saturated carbocycles. The van der Waals surface area contributed by atoms with E-state index in [-0.39, 0.29) is 49.6 Å². The van der Waals surface area contributed by atoms with Crippen LogP contribution in [-0.4, -0.2) is 89.6 Å². The molecule has 0 unspecified atom stereocenters. The molecule has 1 heterocycles. The van der Waals surface area contributed by atoms with Crippen LogP contribution in [0.15, 0.2) is 4.99 Å². The number of carbonyl (C=O) groups is 6. The largest absolute Gasteiger partial charge is 0.370 e. The first-order chi connectivity index (χ1) is 19.7. The van der Waals surface area contributed by atoms with Gasteiger partial charge in [-0.2, -0.15) is 0 Å². The van der Waals surface area contributed by atoms with E-state index in [9.17, 15) is 28.8 Å². The number of likely N-dealkylation sites (tertiary alicyclic amines) is 1. The Balaban J connectivity index is 3.20. The van der Waals surface area contributed by atoms with Gasteiger partial charge in [0.05, 0.1) is 0 Å². The Labute approximate surface area is 247 Å². The average Bonchev–Trinajstić information content (AvgIpc) is 3.39. The number of nitrogens with zero attached hydrogens (tertiary/aromatic N) is 2. The maximum absolute atomic E-state index is 13.7. The van der Waals surface area contributed by atoms with Crippen LogP contribution in [0.4, 0.5) is 0 Å². The number of nitrogens with two attached hydrogens (primary N) is 3. The SMILES string of the molecule is CC[C@H](C)[C@H](NC(=O)[C@H](CCC(N)=O)NC(C)=O)C(=O)N[C@@H](CCCN=C(N)N)C(=O)N1CCC[C@H]1C(=O)NC(C)C. The van der Waals surface area contributed by atoms with Gasteiger partial charge in [-0.1, -0.05) is 20.3 Å². The lowest BCUT2D eigenvalue weighted by atomic mass is 9.96. The summed E-state index contributed by atoms with van der Waals surface area (Å²) in [4.78, 5) is 81.7. The van der Waals surface area contributed by atoms with Crippen molar-refractivity contribution in [3.05, 3.63) is 0 Å². The second-order valence-corrected chi connectivity index (χ2v) is 11.0. The number of hydrogen-bond acceptors (Lipinski definition) is 7. The van der Waals surface area contributed by atoms with Crippen molar-refractivity contribution in [2.24, 2.45) is 28.1 Å². The molecule has 0 aromatic heterocycles. The summed E-state index contributed by atoms with van der Waals surface area (Å²) in [5.41, 5.74) is 16.0. The van der Waals surface area contributed by atoms with Crippen molar-refractivity contribution in [2.75, 3.05) is 13.1 Å². The molecular formula is C27H49N9O6. The summed E-state index contributed by atoms with van der Waals surface area (Å²) >= 11 is 0. The Hall–Kier alpha value is -3.91. The molecule has 238 valence electrons. The number of guanidine groups is 1. The molecule has 1 rings (SSSR count). The van der Waals surface area contributed by atoms with Gasteiger partial charge < -0.3 is 43.4 Å². The van der Waals surface area contributed by atoms with E-state index in [0.29, 0.717) is 32.2 Å². The molecule has 0 spiro atoms. The second-order valence-electron chi connectivity index (χ2n) is 11.0. The van der Waals surface area contributed by atoms with E-state index in [1.54, 1.807) is 6.92 Å². The van der Waals surface area contributed by atoms with Crippen molar-refractivity contribution in [2.45, 2.75) is 110 Å². The quantitative estimate of drug-likeness (QED) is 0.0581. The number of aliphatic imine (C=N–C) groups is 1. The van der Waals surface area contributed by atoms with Crippen LogP contribution in [0.2, 0.25) is 0 Å². The van der Waals surface area contributed by atoms with Gasteiger partial charge in [-0.15, -0.1) is 0 Å². The fourth-order valence-corrected chi connectivity index (χ4v) is 4.66. The van der Waals surface area contributed by atoms with Crippen molar-refractivity contribution >= 4 is 41.4 Å². The maximum atomic E-state index is 13.7. The molecule has 42 heavy (non-hydrogen) atoms. The Bertz CT molecular complexity index is 999. The highest BCUT2D eigenvalue weighted by Crippen LogP contribution is 2.20. The topological polar surface area (TPSA) is 244 Å². The van der Waals surface area contributed by atoms with Gasteiger partial charge in [0.25, 0.3) is 0 Å². The number of primary amides is 1. The predicted octanol–water partition coefficient (Wildman–Crippen LogP) is -1.66. The van der Waals surface area contributed by atoms with E-state index < -0.39 is 53.7 Å². The minimum Gasteiger partial charge on any atom is -0.370 e. The third kappa shape index (κ3) is 12.3. The maximum Gasteiger partial charge on any atom is 0.245 e. The number of rotatable bonds is 17. The first kappa shape index (κ1) is 36.1. The zero-order valence-corrected chi connectivity index (χ0v) is 25.4. The molecule has 6 amide bonds. The van der Waals surface area contributed by atoms with Gasteiger partial charge in [0.1, 0.15) is 24.2 Å². The van der Waals surface area contributed by atoms with E-state index >= 15 is 0 Å². The van der Waals surface area contributed by atoms with Crippen LogP contribution >= 0.6 is 0 Å². The van der Waals surface area contributed by atoms with Crippen LogP contribution in [-0.2, 0) is 28.8 Å². The van der Waals surface area contributed by atoms with E-state index in [0.717, 1.165) is 0 Å². The molecule has 0 bridgehead atoms. The molecule has 1 aliphatic heterocycles. The molecule has 1 saturated heterocycles. The van der Waals surface area contributed by atoms with Crippen LogP contribution in [0.5, 0.6) is 0 Å². The molecule has 5 atom stereocenters. The normalized spacial score (nSPS) is 17.4. The molecular weight excluding hydrogens is 546 g/mol. The lowest BCUT2D eigenvalue weighted by Crippen LogP contribution is -2.59. The third-order valence-electron chi connectivity index (χ3n) is 7.00. The summed E-state index contributed by atoms with van der Waals surface area (Å²) in [6.45, 7) is 9.09. The molecule has 0 radical (unpaired) electrons. The molecule has 0 aromatic carbocycles. The zero-order valence-electron chi connectivity index (χ0n) is 25.4. The van der Waals surface area contributed by atoms with Gasteiger partial charge in [0, 0.05) is 32.5 Å². The fourth-order valence-electron chi connectivity index (χ4n) is 4.66. The van der Waals surface area contributed by atoms with Crippen LogP contribution in [0, 0.1) is 5.92 Å². The minimum atomic E-state index is -1.09. The predicted molar refractivity (Wildman–Crippen MR) is 157 cm³/mol. The fraction of sp³-hybridized carbons (Fsp3) is 0.741. The molecule has 15 nitrogen and oxygen atoms in total. The van der Waals surface area contributed by atoms with E-state index in [1.807, 2.05) is 20.8 Å². The Kier molecular flexibility index (Phi) is 15.3. The third-order valence-corrected chi connectivity index (χ3v) is 7.00. The highest BCUT2D eigenvalue weighted by molar-refractivity contribution is 5.96. The van der Waals surface area contributed by atoms with Gasteiger partial charge >= 0.3 is 0 Å². The summed E-state index contributed by atoms with van der Waals surface area (Å²) in [7, 11) is 0. The van der Waals surface area contributed by atoms with E-state index in [1.165, 1.54) is 11.8 Å². The van der Waals surface area contributed by atoms with E-state index in [2.05, 4.69) is 26.3 Å². The minimum absolute atomic E-state index is 0.0454. The Morgan fingerprint density at radius 1 is 0.905 bits per heavy atom. The van der Waals surface area contributed by atoms with Crippen molar-refractivity contribution in [3.8, 4) is 0 Å². The first-order valence-corrected chi connectivity index (χ1v) is 14.5. The highest BCUT2D eigenvalue weighted by atomic mass is 16.2. The van der Waals surface area contributed by atoms with Gasteiger partial charge in [0.15, 0.2) is 5.96 Å². The zero-order chi connectivity index (χ0) is 32.0. The summed E-state index contributed by atoms with van der Waals surface area (Å²) in [5.74, 6) is -3.51. The van der Waals surface area contributed by atoms with Gasteiger partial charge in [-0.3, -0.25) is 33.8 Å². The smallest absolute Gasteiger partial charge is 0.245 e. The second kappa shape index (κ2) is 17.8. The summed E-state index contributed by atoms with van der Waals surface area (Å²) < 4.78 is 0. The molecule has 1 fully saturated rings. The van der Waals surface area contributed by atoms with E-state index in [4.69, 9.17) is 17.2 Å². The van der Waals surface area contributed by atoms with Gasteiger partial charge in [-0.25, -0.2) is 0 Å². The summed E-state index contributed by atoms with van der Waals surface area (Å²) in [6.07, 6.45) is 2.01. The Morgan fingerprint density at radius 2 is 1.57 bits per heavy atom. The lowest BCUT2D eigenvalue weighted by Gasteiger charge is -2.31.